The molecule has 1 saturated heterocycles. The lowest BCUT2D eigenvalue weighted by atomic mass is 10.2. The highest BCUT2D eigenvalue weighted by Gasteiger charge is 2.12. The summed E-state index contributed by atoms with van der Waals surface area (Å²) >= 11 is 0. The Morgan fingerprint density at radius 2 is 2.05 bits per heavy atom. The van der Waals surface area contributed by atoms with Gasteiger partial charge in [-0.1, -0.05) is 12.1 Å². The molecule has 1 aromatic heterocycles. The Kier molecular flexibility index (Phi) is 5.91. The Bertz CT molecular complexity index is 604. The highest BCUT2D eigenvalue weighted by molar-refractivity contribution is 5.85. The van der Waals surface area contributed by atoms with E-state index in [0.29, 0.717) is 12.4 Å². The number of nitrogens with one attached hydrogen (secondary N) is 2. The molecule has 118 valence electrons. The number of piperazine rings is 1. The predicted octanol–water partition coefficient (Wildman–Crippen LogP) is 2.06. The molecule has 1 aromatic carbocycles. The molecule has 0 amide bonds. The quantitative estimate of drug-likeness (QED) is 0.902. The molecule has 22 heavy (non-hydrogen) atoms. The second kappa shape index (κ2) is 7.91. The third-order valence-electron chi connectivity index (χ3n) is 3.43. The highest BCUT2D eigenvalue weighted by Crippen LogP contribution is 2.14. The van der Waals surface area contributed by atoms with Crippen molar-refractivity contribution in [2.75, 3.05) is 36.4 Å². The lowest BCUT2D eigenvalue weighted by Gasteiger charge is -2.28. The number of rotatable bonds is 4. The minimum Gasteiger partial charge on any atom is -0.365 e. The first-order valence-corrected chi connectivity index (χ1v) is 7.07. The van der Waals surface area contributed by atoms with Crippen molar-refractivity contribution in [3.63, 3.8) is 0 Å². The third kappa shape index (κ3) is 4.29. The van der Waals surface area contributed by atoms with Gasteiger partial charge in [-0.3, -0.25) is 4.98 Å². The third-order valence-corrected chi connectivity index (χ3v) is 3.43. The van der Waals surface area contributed by atoms with Crippen LogP contribution in [-0.4, -0.2) is 36.1 Å². The van der Waals surface area contributed by atoms with E-state index >= 15 is 0 Å². The number of nitrogens with zero attached hydrogens (tertiary/aromatic N) is 3. The van der Waals surface area contributed by atoms with Gasteiger partial charge >= 0.3 is 0 Å². The lowest BCUT2D eigenvalue weighted by Crippen LogP contribution is -2.44. The minimum atomic E-state index is -0.227. The summed E-state index contributed by atoms with van der Waals surface area (Å²) in [6, 6.07) is 6.54. The maximum absolute atomic E-state index is 13.1. The molecule has 0 bridgehead atoms. The van der Waals surface area contributed by atoms with Gasteiger partial charge < -0.3 is 15.5 Å². The van der Waals surface area contributed by atoms with Crippen LogP contribution in [0.1, 0.15) is 5.56 Å². The summed E-state index contributed by atoms with van der Waals surface area (Å²) in [5.74, 6) is 1.35. The molecule has 3 rings (SSSR count). The fraction of sp³-hybridized carbons (Fsp3) is 0.333. The molecule has 0 radical (unpaired) electrons. The number of benzene rings is 1. The summed E-state index contributed by atoms with van der Waals surface area (Å²) in [6.07, 6.45) is 3.46. The smallest absolute Gasteiger partial charge is 0.149 e. The van der Waals surface area contributed by atoms with Crippen LogP contribution in [0.3, 0.4) is 0 Å². The summed E-state index contributed by atoms with van der Waals surface area (Å²) in [5, 5.41) is 6.50. The number of anilines is 2. The topological polar surface area (TPSA) is 53.1 Å². The molecule has 1 aliphatic rings. The highest BCUT2D eigenvalue weighted by atomic mass is 35.5. The van der Waals surface area contributed by atoms with Gasteiger partial charge in [-0.15, -0.1) is 12.4 Å². The van der Waals surface area contributed by atoms with Gasteiger partial charge in [0.05, 0.1) is 12.4 Å². The van der Waals surface area contributed by atoms with Gasteiger partial charge in [0.25, 0.3) is 0 Å². The molecule has 7 heteroatoms. The van der Waals surface area contributed by atoms with Gasteiger partial charge in [0.2, 0.25) is 0 Å². The SMILES string of the molecule is Cl.Fc1cccc(CNc2cncc(N3CCNCC3)n2)c1. The monoisotopic (exact) mass is 323 g/mol. The normalized spacial score (nSPS) is 14.3. The first kappa shape index (κ1) is 16.5. The molecule has 2 aromatic rings. The molecule has 1 fully saturated rings. The maximum Gasteiger partial charge on any atom is 0.149 e. The van der Waals surface area contributed by atoms with Crippen LogP contribution in [0.4, 0.5) is 16.0 Å². The molecule has 2 N–H and O–H groups in total. The molecular weight excluding hydrogens is 305 g/mol. The molecule has 0 saturated carbocycles. The van der Waals surface area contributed by atoms with Crippen LogP contribution in [0.2, 0.25) is 0 Å². The molecule has 0 spiro atoms. The molecular formula is C15H19ClFN5. The van der Waals surface area contributed by atoms with Crippen LogP contribution in [0.15, 0.2) is 36.7 Å². The number of hydrogen-bond acceptors (Lipinski definition) is 5. The van der Waals surface area contributed by atoms with E-state index < -0.39 is 0 Å². The van der Waals surface area contributed by atoms with E-state index in [9.17, 15) is 4.39 Å². The summed E-state index contributed by atoms with van der Waals surface area (Å²) < 4.78 is 13.1. The van der Waals surface area contributed by atoms with Crippen molar-refractivity contribution in [2.45, 2.75) is 6.54 Å². The largest absolute Gasteiger partial charge is 0.365 e. The zero-order valence-corrected chi connectivity index (χ0v) is 12.9. The van der Waals surface area contributed by atoms with Gasteiger partial charge in [0.1, 0.15) is 17.5 Å². The van der Waals surface area contributed by atoms with E-state index in [0.717, 1.165) is 37.6 Å². The van der Waals surface area contributed by atoms with Crippen LogP contribution in [0.5, 0.6) is 0 Å². The predicted molar refractivity (Wildman–Crippen MR) is 88.1 cm³/mol. The van der Waals surface area contributed by atoms with Crippen LogP contribution in [0.25, 0.3) is 0 Å². The van der Waals surface area contributed by atoms with Crippen LogP contribution >= 0.6 is 12.4 Å². The van der Waals surface area contributed by atoms with E-state index in [1.54, 1.807) is 18.5 Å². The van der Waals surface area contributed by atoms with E-state index in [1.807, 2.05) is 6.07 Å². The zero-order chi connectivity index (χ0) is 14.5. The zero-order valence-electron chi connectivity index (χ0n) is 12.1. The fourth-order valence-corrected chi connectivity index (χ4v) is 2.33. The molecule has 1 aliphatic heterocycles. The lowest BCUT2D eigenvalue weighted by molar-refractivity contribution is 0.584. The van der Waals surface area contributed by atoms with Crippen molar-refractivity contribution in [3.8, 4) is 0 Å². The summed E-state index contributed by atoms with van der Waals surface area (Å²) in [6.45, 7) is 4.31. The first-order valence-electron chi connectivity index (χ1n) is 7.07. The summed E-state index contributed by atoms with van der Waals surface area (Å²) in [5.41, 5.74) is 0.879. The number of aromatic nitrogens is 2. The van der Waals surface area contributed by atoms with Crippen LogP contribution in [-0.2, 0) is 6.54 Å². The minimum absolute atomic E-state index is 0. The van der Waals surface area contributed by atoms with Crippen molar-refractivity contribution >= 4 is 24.0 Å². The first-order chi connectivity index (χ1) is 10.3. The Morgan fingerprint density at radius 3 is 2.82 bits per heavy atom. The van der Waals surface area contributed by atoms with Crippen molar-refractivity contribution in [2.24, 2.45) is 0 Å². The number of hydrogen-bond donors (Lipinski definition) is 2. The average Bonchev–Trinajstić information content (AvgIpc) is 2.54. The van der Waals surface area contributed by atoms with Crippen LogP contribution < -0.4 is 15.5 Å². The molecule has 0 aliphatic carbocycles. The standard InChI is InChI=1S/C15H18FN5.ClH/c16-13-3-1-2-12(8-13)9-19-14-10-18-11-15(20-14)21-6-4-17-5-7-21;/h1-3,8,10-11,17H,4-7,9H2,(H,19,20);1H. The van der Waals surface area contributed by atoms with Gasteiger partial charge in [-0.2, -0.15) is 0 Å². The van der Waals surface area contributed by atoms with Crippen molar-refractivity contribution in [3.05, 3.63) is 48.0 Å². The van der Waals surface area contributed by atoms with E-state index in [1.165, 1.54) is 12.1 Å². The van der Waals surface area contributed by atoms with Crippen LogP contribution in [0, 0.1) is 5.82 Å². The average molecular weight is 324 g/mol. The fourth-order valence-electron chi connectivity index (χ4n) is 2.33. The molecule has 2 heterocycles. The van der Waals surface area contributed by atoms with E-state index in [4.69, 9.17) is 0 Å². The van der Waals surface area contributed by atoms with E-state index in [-0.39, 0.29) is 18.2 Å². The van der Waals surface area contributed by atoms with Crippen molar-refractivity contribution < 1.29 is 4.39 Å². The van der Waals surface area contributed by atoms with Crippen molar-refractivity contribution in [1.29, 1.82) is 0 Å². The Hall–Kier alpha value is -1.92. The summed E-state index contributed by atoms with van der Waals surface area (Å²) in [7, 11) is 0. The van der Waals surface area contributed by atoms with Gasteiger partial charge in [-0.25, -0.2) is 9.37 Å². The second-order valence-electron chi connectivity index (χ2n) is 4.98. The second-order valence-corrected chi connectivity index (χ2v) is 4.98. The van der Waals surface area contributed by atoms with E-state index in [2.05, 4.69) is 25.5 Å². The van der Waals surface area contributed by atoms with Gasteiger partial charge in [0.15, 0.2) is 0 Å². The van der Waals surface area contributed by atoms with Gasteiger partial charge in [-0.05, 0) is 17.7 Å². The number of halogens is 2. The Balaban J connectivity index is 0.00000176. The Morgan fingerprint density at radius 1 is 1.23 bits per heavy atom. The maximum atomic E-state index is 13.1. The summed E-state index contributed by atoms with van der Waals surface area (Å²) in [4.78, 5) is 11.0. The molecule has 0 atom stereocenters. The van der Waals surface area contributed by atoms with Gasteiger partial charge in [0, 0.05) is 32.7 Å². The molecule has 0 unspecified atom stereocenters. The van der Waals surface area contributed by atoms with Crippen molar-refractivity contribution in [1.82, 2.24) is 15.3 Å². The molecule has 5 nitrogen and oxygen atoms in total. The Labute approximate surface area is 135 Å².